The third kappa shape index (κ3) is 7.52. The van der Waals surface area contributed by atoms with E-state index in [2.05, 4.69) is 0 Å². The standard InChI is InChI=1S/C8H7ClO2.C2H4O2/c9-7-4-2-1-3-6(7)5-8(10)11;1-2(3)4/h1-4H,5H2,(H,10,11);1H3,(H,3,4). The second kappa shape index (κ2) is 6.84. The number of benzene rings is 1. The molecule has 1 aromatic rings. The van der Waals surface area contributed by atoms with Crippen molar-refractivity contribution in [1.82, 2.24) is 0 Å². The van der Waals surface area contributed by atoms with Crippen LogP contribution in [-0.4, -0.2) is 22.2 Å². The average Bonchev–Trinajstić information content (AvgIpc) is 2.07. The topological polar surface area (TPSA) is 74.6 Å². The van der Waals surface area contributed by atoms with E-state index in [1.54, 1.807) is 24.3 Å². The largest absolute Gasteiger partial charge is 0.481 e. The number of aliphatic carboxylic acids is 2. The molecule has 0 radical (unpaired) electrons. The molecule has 0 atom stereocenters. The van der Waals surface area contributed by atoms with Crippen molar-refractivity contribution in [3.8, 4) is 0 Å². The fourth-order valence-electron chi connectivity index (χ4n) is 0.805. The zero-order valence-corrected chi connectivity index (χ0v) is 8.86. The molecule has 0 aliphatic carbocycles. The van der Waals surface area contributed by atoms with Gasteiger partial charge >= 0.3 is 5.97 Å². The van der Waals surface area contributed by atoms with Crippen molar-refractivity contribution >= 4 is 23.5 Å². The Kier molecular flexibility index (Phi) is 6.13. The van der Waals surface area contributed by atoms with Crippen LogP contribution >= 0.6 is 11.6 Å². The maximum absolute atomic E-state index is 10.3. The number of hydrogen-bond acceptors (Lipinski definition) is 2. The van der Waals surface area contributed by atoms with Gasteiger partial charge in [-0.15, -0.1) is 0 Å². The van der Waals surface area contributed by atoms with E-state index in [9.17, 15) is 4.79 Å². The number of rotatable bonds is 2. The second-order valence-corrected chi connectivity index (χ2v) is 3.09. The van der Waals surface area contributed by atoms with Crippen molar-refractivity contribution in [1.29, 1.82) is 0 Å². The van der Waals surface area contributed by atoms with Gasteiger partial charge in [0.1, 0.15) is 0 Å². The third-order valence-electron chi connectivity index (χ3n) is 1.30. The quantitative estimate of drug-likeness (QED) is 0.816. The van der Waals surface area contributed by atoms with Crippen LogP contribution in [0, 0.1) is 0 Å². The van der Waals surface area contributed by atoms with Gasteiger partial charge in [-0.2, -0.15) is 0 Å². The summed E-state index contributed by atoms with van der Waals surface area (Å²) >= 11 is 5.70. The maximum atomic E-state index is 10.3. The van der Waals surface area contributed by atoms with E-state index in [0.29, 0.717) is 10.6 Å². The Morgan fingerprint density at radius 3 is 2.13 bits per heavy atom. The molecular formula is C10H11ClO4. The van der Waals surface area contributed by atoms with Gasteiger partial charge in [-0.3, -0.25) is 9.59 Å². The van der Waals surface area contributed by atoms with Gasteiger partial charge in [-0.05, 0) is 11.6 Å². The van der Waals surface area contributed by atoms with Gasteiger partial charge in [0.2, 0.25) is 0 Å². The Bertz CT molecular complexity index is 345. The van der Waals surface area contributed by atoms with Crippen LogP contribution in [0.3, 0.4) is 0 Å². The number of carboxylic acids is 2. The highest BCUT2D eigenvalue weighted by molar-refractivity contribution is 6.31. The molecule has 0 aliphatic heterocycles. The molecule has 5 heteroatoms. The van der Waals surface area contributed by atoms with Crippen molar-refractivity contribution in [2.75, 3.05) is 0 Å². The summed E-state index contributed by atoms with van der Waals surface area (Å²) in [7, 11) is 0. The van der Waals surface area contributed by atoms with E-state index in [0.717, 1.165) is 6.92 Å². The zero-order chi connectivity index (χ0) is 11.8. The molecule has 0 amide bonds. The molecule has 15 heavy (non-hydrogen) atoms. The Morgan fingerprint density at radius 1 is 1.27 bits per heavy atom. The van der Waals surface area contributed by atoms with Crippen LogP contribution in [0.2, 0.25) is 5.02 Å². The fourth-order valence-corrected chi connectivity index (χ4v) is 1.01. The SMILES string of the molecule is CC(=O)O.O=C(O)Cc1ccccc1Cl. The molecule has 4 nitrogen and oxygen atoms in total. The van der Waals surface area contributed by atoms with Gasteiger partial charge in [-0.25, -0.2) is 0 Å². The molecule has 2 N–H and O–H groups in total. The van der Waals surface area contributed by atoms with Crippen molar-refractivity contribution in [3.63, 3.8) is 0 Å². The molecule has 1 rings (SSSR count). The lowest BCUT2D eigenvalue weighted by atomic mass is 10.1. The molecule has 0 heterocycles. The van der Waals surface area contributed by atoms with E-state index in [4.69, 9.17) is 26.6 Å². The highest BCUT2D eigenvalue weighted by atomic mass is 35.5. The average molecular weight is 231 g/mol. The molecule has 0 aromatic heterocycles. The number of carboxylic acid groups (broad SMARTS) is 2. The molecule has 82 valence electrons. The van der Waals surface area contributed by atoms with Crippen molar-refractivity contribution in [3.05, 3.63) is 34.9 Å². The van der Waals surface area contributed by atoms with Crippen molar-refractivity contribution in [2.24, 2.45) is 0 Å². The monoisotopic (exact) mass is 230 g/mol. The first kappa shape index (κ1) is 13.5. The van der Waals surface area contributed by atoms with Gasteiger partial charge < -0.3 is 10.2 Å². The Balaban J connectivity index is 0.000000423. The van der Waals surface area contributed by atoms with Crippen molar-refractivity contribution in [2.45, 2.75) is 13.3 Å². The Morgan fingerprint density at radius 2 is 1.73 bits per heavy atom. The summed E-state index contributed by atoms with van der Waals surface area (Å²) in [6, 6.07) is 6.92. The van der Waals surface area contributed by atoms with Crippen LogP contribution in [0.1, 0.15) is 12.5 Å². The first-order valence-electron chi connectivity index (χ1n) is 4.08. The maximum Gasteiger partial charge on any atom is 0.307 e. The fraction of sp³-hybridized carbons (Fsp3) is 0.200. The Hall–Kier alpha value is -1.55. The van der Waals surface area contributed by atoms with Crippen LogP contribution < -0.4 is 0 Å². The molecule has 0 spiro atoms. The highest BCUT2D eigenvalue weighted by Crippen LogP contribution is 2.14. The number of halogens is 1. The molecule has 0 saturated heterocycles. The molecular weight excluding hydrogens is 220 g/mol. The lowest BCUT2D eigenvalue weighted by Gasteiger charge is -1.97. The highest BCUT2D eigenvalue weighted by Gasteiger charge is 2.02. The predicted octanol–water partition coefficient (Wildman–Crippen LogP) is 2.06. The minimum absolute atomic E-state index is 0.0142. The van der Waals surface area contributed by atoms with Crippen LogP contribution in [0.25, 0.3) is 0 Å². The summed E-state index contributed by atoms with van der Waals surface area (Å²) in [5.41, 5.74) is 0.654. The number of carbonyl (C=O) groups is 2. The first-order chi connectivity index (χ1) is 6.93. The van der Waals surface area contributed by atoms with Crippen LogP contribution in [0.15, 0.2) is 24.3 Å². The normalized spacial score (nSPS) is 8.67. The van der Waals surface area contributed by atoms with Crippen LogP contribution in [0.4, 0.5) is 0 Å². The molecule has 0 bridgehead atoms. The second-order valence-electron chi connectivity index (χ2n) is 2.68. The lowest BCUT2D eigenvalue weighted by Crippen LogP contribution is -1.99. The summed E-state index contributed by atoms with van der Waals surface area (Å²) < 4.78 is 0. The first-order valence-corrected chi connectivity index (χ1v) is 4.46. The zero-order valence-electron chi connectivity index (χ0n) is 8.11. The molecule has 0 saturated carbocycles. The number of hydrogen-bond donors (Lipinski definition) is 2. The predicted molar refractivity (Wildman–Crippen MR) is 56.1 cm³/mol. The Labute approximate surface area is 92.1 Å². The van der Waals surface area contributed by atoms with Gasteiger partial charge in [0.15, 0.2) is 0 Å². The summed E-state index contributed by atoms with van der Waals surface area (Å²) in [6.07, 6.45) is -0.0142. The van der Waals surface area contributed by atoms with E-state index in [1.807, 2.05) is 0 Å². The van der Waals surface area contributed by atoms with Gasteiger partial charge in [-0.1, -0.05) is 29.8 Å². The molecule has 1 aromatic carbocycles. The van der Waals surface area contributed by atoms with E-state index < -0.39 is 11.9 Å². The minimum Gasteiger partial charge on any atom is -0.481 e. The lowest BCUT2D eigenvalue weighted by molar-refractivity contribution is -0.136. The van der Waals surface area contributed by atoms with Crippen molar-refractivity contribution < 1.29 is 19.8 Å². The minimum atomic E-state index is -0.863. The molecule has 0 fully saturated rings. The van der Waals surface area contributed by atoms with E-state index in [-0.39, 0.29) is 6.42 Å². The van der Waals surface area contributed by atoms with E-state index in [1.165, 1.54) is 0 Å². The van der Waals surface area contributed by atoms with Gasteiger partial charge in [0.25, 0.3) is 5.97 Å². The van der Waals surface area contributed by atoms with Gasteiger partial charge in [0.05, 0.1) is 6.42 Å². The van der Waals surface area contributed by atoms with E-state index >= 15 is 0 Å². The summed E-state index contributed by atoms with van der Waals surface area (Å²) in [6.45, 7) is 1.08. The van der Waals surface area contributed by atoms with Crippen LogP contribution in [0.5, 0.6) is 0 Å². The van der Waals surface area contributed by atoms with Gasteiger partial charge in [0, 0.05) is 11.9 Å². The summed E-state index contributed by atoms with van der Waals surface area (Å²) in [5, 5.41) is 16.4. The summed E-state index contributed by atoms with van der Waals surface area (Å²) in [4.78, 5) is 19.3. The summed E-state index contributed by atoms with van der Waals surface area (Å²) in [5.74, 6) is -1.70. The molecule has 0 unspecified atom stereocenters. The molecule has 0 aliphatic rings. The smallest absolute Gasteiger partial charge is 0.307 e. The van der Waals surface area contributed by atoms with Crippen LogP contribution in [-0.2, 0) is 16.0 Å². The third-order valence-corrected chi connectivity index (χ3v) is 1.67.